The summed E-state index contributed by atoms with van der Waals surface area (Å²) >= 11 is 6.14. The lowest BCUT2D eigenvalue weighted by molar-refractivity contribution is -0.128. The summed E-state index contributed by atoms with van der Waals surface area (Å²) in [4.78, 5) is 21.6. The van der Waals surface area contributed by atoms with Crippen LogP contribution in [0.25, 0.3) is 5.57 Å². The van der Waals surface area contributed by atoms with Gasteiger partial charge in [-0.2, -0.15) is 0 Å². The maximum absolute atomic E-state index is 9.85. The van der Waals surface area contributed by atoms with Gasteiger partial charge in [0.2, 0.25) is 6.41 Å². The Morgan fingerprint density at radius 3 is 2.58 bits per heavy atom. The lowest BCUT2D eigenvalue weighted by Gasteiger charge is -2.32. The molecule has 2 aromatic carbocycles. The number of likely N-dealkylation sites (N-methyl/N-ethyl adjacent to an activating group) is 1. The average Bonchev–Trinajstić information content (AvgIpc) is 3.44. The molecule has 0 aliphatic carbocycles. The number of nitrogens with one attached hydrogen (secondary N) is 2. The molecule has 1 amide bonds. The van der Waals surface area contributed by atoms with Crippen molar-refractivity contribution in [3.63, 3.8) is 0 Å². The molecule has 2 aromatic rings. The number of nitrogens with two attached hydrogens (primary N) is 1. The lowest BCUT2D eigenvalue weighted by atomic mass is 9.91. The first-order valence-corrected chi connectivity index (χ1v) is 13.8. The summed E-state index contributed by atoms with van der Waals surface area (Å²) in [6, 6.07) is 15.4. The normalized spacial score (nSPS) is 18.7. The predicted molar refractivity (Wildman–Crippen MR) is 157 cm³/mol. The maximum Gasteiger partial charge on any atom is 0.293 e. The largest absolute Gasteiger partial charge is 0.468 e. The molecule has 38 heavy (non-hydrogen) atoms. The molecule has 208 valence electrons. The standard InChI is InChI=1S/C19H21ClN2.C7H14N2O.C4H8O2/c1-13-3-5-14(6-4-13)19-11-15(9-10-22(19)2)17-12-16(20)7-8-18(17)21;10-6-8-5-3-7-2-1-4-9-7;1-2-3-6-4-5/h3-8,11-12,19H,9-10,21H2,1-2H3;6-7,9H,1-5H2,(H,8,10);4H,2-3H2,1H3. The quantitative estimate of drug-likeness (QED) is 0.231. The lowest BCUT2D eigenvalue weighted by Crippen LogP contribution is -2.28. The van der Waals surface area contributed by atoms with Gasteiger partial charge in [-0.1, -0.05) is 54.4 Å². The van der Waals surface area contributed by atoms with E-state index in [1.165, 1.54) is 29.5 Å². The minimum absolute atomic E-state index is 0.280. The number of nitrogens with zero attached hydrogens (tertiary/aromatic N) is 1. The average molecular weight is 543 g/mol. The molecule has 0 spiro atoms. The molecule has 7 nitrogen and oxygen atoms in total. The van der Waals surface area contributed by atoms with E-state index in [0.29, 0.717) is 19.1 Å². The Hall–Kier alpha value is -2.87. The van der Waals surface area contributed by atoms with Gasteiger partial charge in [-0.15, -0.1) is 0 Å². The highest BCUT2D eigenvalue weighted by Crippen LogP contribution is 2.35. The van der Waals surface area contributed by atoms with Crippen molar-refractivity contribution in [2.24, 2.45) is 0 Å². The third-order valence-corrected chi connectivity index (χ3v) is 6.86. The third kappa shape index (κ3) is 10.9. The van der Waals surface area contributed by atoms with Gasteiger partial charge in [0, 0.05) is 35.4 Å². The van der Waals surface area contributed by atoms with Crippen LogP contribution in [-0.4, -0.2) is 57.1 Å². The topological polar surface area (TPSA) is 96.7 Å². The van der Waals surface area contributed by atoms with Crippen LogP contribution >= 0.6 is 11.6 Å². The van der Waals surface area contributed by atoms with Gasteiger partial charge in [0.25, 0.3) is 6.47 Å². The molecule has 4 N–H and O–H groups in total. The van der Waals surface area contributed by atoms with E-state index in [-0.39, 0.29) is 6.04 Å². The van der Waals surface area contributed by atoms with Gasteiger partial charge >= 0.3 is 0 Å². The Morgan fingerprint density at radius 1 is 1.21 bits per heavy atom. The molecule has 0 saturated carbocycles. The summed E-state index contributed by atoms with van der Waals surface area (Å²) in [7, 11) is 2.17. The zero-order valence-corrected chi connectivity index (χ0v) is 23.7. The SMILES string of the molecule is CCCOC=O.Cc1ccc(C2C=C(c3cc(Cl)ccc3N)CCN2C)cc1.O=CNCCC1CCCN1. The van der Waals surface area contributed by atoms with Crippen LogP contribution in [0, 0.1) is 6.92 Å². The fraction of sp³-hybridized carbons (Fsp3) is 0.467. The van der Waals surface area contributed by atoms with Gasteiger partial charge in [-0.05, 0) is 82.0 Å². The fourth-order valence-corrected chi connectivity index (χ4v) is 4.64. The molecule has 1 saturated heterocycles. The minimum atomic E-state index is 0.280. The van der Waals surface area contributed by atoms with E-state index in [4.69, 9.17) is 17.3 Å². The number of carbonyl (C=O) groups is 2. The first-order chi connectivity index (χ1) is 18.4. The molecule has 0 aromatic heterocycles. The molecule has 2 unspecified atom stereocenters. The summed E-state index contributed by atoms with van der Waals surface area (Å²) in [5.74, 6) is 0. The number of rotatable bonds is 9. The van der Waals surface area contributed by atoms with Crippen molar-refractivity contribution in [2.45, 2.75) is 58.0 Å². The highest BCUT2D eigenvalue weighted by Gasteiger charge is 2.22. The Bertz CT molecular complexity index is 1010. The van der Waals surface area contributed by atoms with Crippen molar-refractivity contribution in [3.05, 3.63) is 70.3 Å². The highest BCUT2D eigenvalue weighted by molar-refractivity contribution is 6.30. The molecule has 1 fully saturated rings. The summed E-state index contributed by atoms with van der Waals surface area (Å²) in [5.41, 5.74) is 11.9. The molecule has 2 aliphatic heterocycles. The number of anilines is 1. The monoisotopic (exact) mass is 542 g/mol. The van der Waals surface area contributed by atoms with Crippen LogP contribution in [0.3, 0.4) is 0 Å². The second-order valence-corrected chi connectivity index (χ2v) is 10.1. The number of hydrogen-bond acceptors (Lipinski definition) is 6. The van der Waals surface area contributed by atoms with E-state index in [1.54, 1.807) is 0 Å². The van der Waals surface area contributed by atoms with Gasteiger partial charge in [-0.3, -0.25) is 14.5 Å². The molecule has 2 heterocycles. The van der Waals surface area contributed by atoms with E-state index >= 15 is 0 Å². The predicted octanol–water partition coefficient (Wildman–Crippen LogP) is 5.13. The van der Waals surface area contributed by atoms with Crippen molar-refractivity contribution in [1.82, 2.24) is 15.5 Å². The molecule has 4 rings (SSSR count). The molecule has 2 aliphatic rings. The van der Waals surface area contributed by atoms with Gasteiger partial charge in [0.15, 0.2) is 0 Å². The van der Waals surface area contributed by atoms with E-state index in [9.17, 15) is 9.59 Å². The van der Waals surface area contributed by atoms with Crippen LogP contribution in [0.4, 0.5) is 5.69 Å². The zero-order chi connectivity index (χ0) is 27.8. The Morgan fingerprint density at radius 2 is 1.97 bits per heavy atom. The number of nitrogen functional groups attached to an aromatic ring is 1. The number of ether oxygens (including phenoxy) is 1. The number of benzene rings is 2. The van der Waals surface area contributed by atoms with E-state index < -0.39 is 0 Å². The molecular formula is C30H43ClN4O3. The maximum atomic E-state index is 9.85. The van der Waals surface area contributed by atoms with Crippen LogP contribution < -0.4 is 16.4 Å². The Kier molecular flexibility index (Phi) is 14.5. The molecule has 0 radical (unpaired) electrons. The molecule has 8 heteroatoms. The number of amides is 1. The number of aryl methyl sites for hydroxylation is 1. The summed E-state index contributed by atoms with van der Waals surface area (Å²) in [5, 5.41) is 6.75. The second-order valence-electron chi connectivity index (χ2n) is 9.63. The zero-order valence-electron chi connectivity index (χ0n) is 22.9. The van der Waals surface area contributed by atoms with Gasteiger partial charge in [-0.25, -0.2) is 0 Å². The number of carbonyl (C=O) groups excluding carboxylic acids is 2. The van der Waals surface area contributed by atoms with Crippen LogP contribution in [0.1, 0.15) is 61.8 Å². The number of hydrogen-bond donors (Lipinski definition) is 3. The second kappa shape index (κ2) is 17.6. The third-order valence-electron chi connectivity index (χ3n) is 6.62. The molecule has 0 bridgehead atoms. The Labute approximate surface area is 232 Å². The first kappa shape index (κ1) is 31.3. The van der Waals surface area contributed by atoms with Crippen LogP contribution in [0.5, 0.6) is 0 Å². The van der Waals surface area contributed by atoms with E-state index in [0.717, 1.165) is 61.6 Å². The van der Waals surface area contributed by atoms with Gasteiger partial charge in [0.1, 0.15) is 0 Å². The molecule has 2 atom stereocenters. The van der Waals surface area contributed by atoms with Crippen molar-refractivity contribution in [1.29, 1.82) is 0 Å². The Balaban J connectivity index is 0.000000262. The van der Waals surface area contributed by atoms with Gasteiger partial charge < -0.3 is 21.1 Å². The summed E-state index contributed by atoms with van der Waals surface area (Å²) in [6.45, 7) is 8.03. The van der Waals surface area contributed by atoms with Crippen molar-refractivity contribution in [3.8, 4) is 0 Å². The van der Waals surface area contributed by atoms with Crippen molar-refractivity contribution < 1.29 is 14.3 Å². The smallest absolute Gasteiger partial charge is 0.293 e. The minimum Gasteiger partial charge on any atom is -0.468 e. The van der Waals surface area contributed by atoms with Crippen LogP contribution in [-0.2, 0) is 14.3 Å². The highest BCUT2D eigenvalue weighted by atomic mass is 35.5. The fourth-order valence-electron chi connectivity index (χ4n) is 4.47. The first-order valence-electron chi connectivity index (χ1n) is 13.4. The van der Waals surface area contributed by atoms with E-state index in [2.05, 4.69) is 64.6 Å². The van der Waals surface area contributed by atoms with E-state index in [1.807, 2.05) is 25.1 Å². The van der Waals surface area contributed by atoms with Crippen LogP contribution in [0.2, 0.25) is 5.02 Å². The molecular weight excluding hydrogens is 500 g/mol. The summed E-state index contributed by atoms with van der Waals surface area (Å²) < 4.78 is 4.30. The van der Waals surface area contributed by atoms with Gasteiger partial charge in [0.05, 0.1) is 12.6 Å². The van der Waals surface area contributed by atoms with Crippen molar-refractivity contribution >= 4 is 35.7 Å². The van der Waals surface area contributed by atoms with Crippen LogP contribution in [0.15, 0.2) is 48.5 Å². The summed E-state index contributed by atoms with van der Waals surface area (Å²) in [6.07, 6.45) is 8.58. The van der Waals surface area contributed by atoms with Crippen molar-refractivity contribution in [2.75, 3.05) is 39.0 Å². The number of halogens is 1.